The van der Waals surface area contributed by atoms with Crippen molar-refractivity contribution in [2.45, 2.75) is 6.92 Å². The number of para-hydroxylation sites is 2. The van der Waals surface area contributed by atoms with Gasteiger partial charge in [-0.15, -0.1) is 0 Å². The van der Waals surface area contributed by atoms with Gasteiger partial charge in [0.1, 0.15) is 0 Å². The lowest BCUT2D eigenvalue weighted by Crippen LogP contribution is -2.08. The van der Waals surface area contributed by atoms with Gasteiger partial charge in [-0.2, -0.15) is 0 Å². The smallest absolute Gasteiger partial charge is 0.263 e. The zero-order valence-electron chi connectivity index (χ0n) is 12.3. The highest BCUT2D eigenvalue weighted by atomic mass is 32.2. The Hall–Kier alpha value is -2.87. The van der Waals surface area contributed by atoms with E-state index in [9.17, 15) is 14.3 Å². The van der Waals surface area contributed by atoms with Crippen LogP contribution in [0.25, 0.3) is 11.0 Å². The van der Waals surface area contributed by atoms with E-state index >= 15 is 0 Å². The molecule has 0 amide bonds. The first-order valence-corrected chi connectivity index (χ1v) is 7.74. The molecule has 0 saturated carbocycles. The van der Waals surface area contributed by atoms with Crippen LogP contribution in [0.1, 0.15) is 6.92 Å². The average Bonchev–Trinajstić information content (AvgIpc) is 2.54. The molecule has 118 valence electrons. The molecule has 8 heteroatoms. The number of rotatable bonds is 6. The van der Waals surface area contributed by atoms with Crippen molar-refractivity contribution in [1.82, 2.24) is 9.97 Å². The van der Waals surface area contributed by atoms with Crippen molar-refractivity contribution in [1.29, 1.82) is 0 Å². The van der Waals surface area contributed by atoms with Gasteiger partial charge in [0.2, 0.25) is 0 Å². The molecule has 23 heavy (non-hydrogen) atoms. The maximum absolute atomic E-state index is 12.3. The minimum absolute atomic E-state index is 0.212. The summed E-state index contributed by atoms with van der Waals surface area (Å²) in [4.78, 5) is 18.7. The summed E-state index contributed by atoms with van der Waals surface area (Å²) in [6.45, 7) is 5.03. The monoisotopic (exact) mass is 330 g/mol. The van der Waals surface area contributed by atoms with E-state index in [4.69, 9.17) is 0 Å². The molecule has 2 rings (SSSR count). The fourth-order valence-electron chi connectivity index (χ4n) is 1.70. The molecular formula is C15H14N4O3S. The second-order valence-electron chi connectivity index (χ2n) is 4.41. The minimum Gasteiger partial charge on any atom is -0.284 e. The van der Waals surface area contributed by atoms with Gasteiger partial charge in [-0.05, 0) is 31.7 Å². The quantitative estimate of drug-likeness (QED) is 0.499. The number of nitrogens with zero attached hydrogens (tertiary/aromatic N) is 3. The van der Waals surface area contributed by atoms with E-state index in [0.717, 1.165) is 11.6 Å². The van der Waals surface area contributed by atoms with Crippen LogP contribution in [0.2, 0.25) is 0 Å². The summed E-state index contributed by atoms with van der Waals surface area (Å²) in [5.74, 6) is 0.309. The van der Waals surface area contributed by atoms with Gasteiger partial charge in [-0.3, -0.25) is 19.8 Å². The van der Waals surface area contributed by atoms with E-state index in [2.05, 4.69) is 21.3 Å². The van der Waals surface area contributed by atoms with Gasteiger partial charge in [-0.25, -0.2) is 9.19 Å². The van der Waals surface area contributed by atoms with Crippen LogP contribution in [-0.4, -0.2) is 19.1 Å². The van der Waals surface area contributed by atoms with Gasteiger partial charge < -0.3 is 0 Å². The first-order valence-electron chi connectivity index (χ1n) is 6.59. The summed E-state index contributed by atoms with van der Waals surface area (Å²) in [7, 11) is -1.73. The molecule has 2 aromatic rings. The number of nitro groups is 1. The highest BCUT2D eigenvalue weighted by Crippen LogP contribution is 2.15. The maximum atomic E-state index is 12.3. The number of hydrogen-bond donors (Lipinski definition) is 1. The fraction of sp³-hybridized carbons (Fsp3) is 0.0667. The zero-order valence-corrected chi connectivity index (χ0v) is 13.1. The molecule has 1 aromatic heterocycles. The molecule has 0 aliphatic heterocycles. The Morgan fingerprint density at radius 3 is 2.74 bits per heavy atom. The molecule has 1 aromatic carbocycles. The fourth-order valence-corrected chi connectivity index (χ4v) is 2.61. The molecule has 7 nitrogen and oxygen atoms in total. The highest BCUT2D eigenvalue weighted by molar-refractivity contribution is 7.90. The summed E-state index contributed by atoms with van der Waals surface area (Å²) < 4.78 is 15.0. The van der Waals surface area contributed by atoms with E-state index in [1.54, 1.807) is 19.1 Å². The van der Waals surface area contributed by atoms with Crippen LogP contribution in [0.15, 0.2) is 65.9 Å². The van der Waals surface area contributed by atoms with Crippen molar-refractivity contribution in [3.63, 3.8) is 0 Å². The molecule has 0 aliphatic carbocycles. The minimum atomic E-state index is -1.73. The van der Waals surface area contributed by atoms with Gasteiger partial charge >= 0.3 is 0 Å². The number of anilines is 1. The molecule has 0 aliphatic rings. The summed E-state index contributed by atoms with van der Waals surface area (Å²) in [6, 6.07) is 7.27. The summed E-state index contributed by atoms with van der Waals surface area (Å²) >= 11 is 0. The normalized spacial score (nSPS) is 13.2. The van der Waals surface area contributed by atoms with Gasteiger partial charge in [0, 0.05) is 6.08 Å². The van der Waals surface area contributed by atoms with Crippen molar-refractivity contribution in [3.8, 4) is 0 Å². The third-order valence-electron chi connectivity index (χ3n) is 2.73. The van der Waals surface area contributed by atoms with Crippen molar-refractivity contribution in [3.05, 3.63) is 76.0 Å². The van der Waals surface area contributed by atoms with Crippen LogP contribution in [0.4, 0.5) is 5.82 Å². The molecular weight excluding hydrogens is 316 g/mol. The number of nitrogens with one attached hydrogen (secondary N) is 1. The van der Waals surface area contributed by atoms with Gasteiger partial charge in [0.15, 0.2) is 16.8 Å². The second kappa shape index (κ2) is 7.41. The van der Waals surface area contributed by atoms with Gasteiger partial charge in [0.25, 0.3) is 5.70 Å². The first-order chi connectivity index (χ1) is 11.0. The lowest BCUT2D eigenvalue weighted by molar-refractivity contribution is -0.418. The summed E-state index contributed by atoms with van der Waals surface area (Å²) in [5.41, 5.74) is 1.02. The molecule has 0 fully saturated rings. The largest absolute Gasteiger partial charge is 0.284 e. The standard InChI is InChI=1S/C15H14N4O3S/c1-3-6-12(9-11(2)19(20)21)23(22)18-15-10-16-13-7-4-5-8-14(13)17-15/h3-10H,2H2,1H3,(H,17,18)/b6-3-,12-9+. The van der Waals surface area contributed by atoms with E-state index in [0.29, 0.717) is 11.3 Å². The molecule has 1 unspecified atom stereocenters. The Morgan fingerprint density at radius 1 is 1.39 bits per heavy atom. The van der Waals surface area contributed by atoms with Crippen LogP contribution in [0, 0.1) is 10.1 Å². The predicted octanol–water partition coefficient (Wildman–Crippen LogP) is 2.96. The van der Waals surface area contributed by atoms with Crippen LogP contribution in [0.3, 0.4) is 0 Å². The Morgan fingerprint density at radius 2 is 2.09 bits per heavy atom. The van der Waals surface area contributed by atoms with E-state index in [1.165, 1.54) is 12.3 Å². The Kier molecular flexibility index (Phi) is 5.32. The zero-order chi connectivity index (χ0) is 16.8. The van der Waals surface area contributed by atoms with Gasteiger partial charge in [0.05, 0.1) is 27.1 Å². The molecule has 1 N–H and O–H groups in total. The van der Waals surface area contributed by atoms with Crippen LogP contribution >= 0.6 is 0 Å². The molecule has 0 radical (unpaired) electrons. The predicted molar refractivity (Wildman–Crippen MR) is 90.3 cm³/mol. The van der Waals surface area contributed by atoms with Crippen molar-refractivity contribution in [2.24, 2.45) is 0 Å². The number of benzene rings is 1. The highest BCUT2D eigenvalue weighted by Gasteiger charge is 2.11. The molecule has 1 heterocycles. The molecule has 1 atom stereocenters. The number of aromatic nitrogens is 2. The lowest BCUT2D eigenvalue weighted by atomic mass is 10.3. The number of allylic oxidation sites excluding steroid dienone is 3. The average molecular weight is 330 g/mol. The molecule has 0 saturated heterocycles. The third-order valence-corrected chi connectivity index (χ3v) is 3.81. The number of fused-ring (bicyclic) bond motifs is 1. The van der Waals surface area contributed by atoms with Crippen LogP contribution < -0.4 is 4.72 Å². The maximum Gasteiger partial charge on any atom is 0.263 e. The van der Waals surface area contributed by atoms with Crippen LogP contribution in [-0.2, 0) is 11.0 Å². The van der Waals surface area contributed by atoms with E-state index < -0.39 is 15.9 Å². The van der Waals surface area contributed by atoms with Crippen molar-refractivity contribution in [2.75, 3.05) is 4.72 Å². The Balaban J connectivity index is 2.26. The van der Waals surface area contributed by atoms with E-state index in [-0.39, 0.29) is 10.6 Å². The third kappa shape index (κ3) is 4.30. The van der Waals surface area contributed by atoms with E-state index in [1.807, 2.05) is 18.2 Å². The Labute approximate surface area is 135 Å². The van der Waals surface area contributed by atoms with Gasteiger partial charge in [-0.1, -0.05) is 18.2 Å². The Bertz CT molecular complexity index is 845. The van der Waals surface area contributed by atoms with Crippen molar-refractivity contribution < 1.29 is 9.13 Å². The molecule has 0 bridgehead atoms. The first kappa shape index (κ1) is 16.5. The van der Waals surface area contributed by atoms with Crippen LogP contribution in [0.5, 0.6) is 0 Å². The second-order valence-corrected chi connectivity index (χ2v) is 5.62. The molecule has 0 spiro atoms. The summed E-state index contributed by atoms with van der Waals surface area (Å²) in [6.07, 6.45) is 5.74. The lowest BCUT2D eigenvalue weighted by Gasteiger charge is -2.06. The van der Waals surface area contributed by atoms with Crippen molar-refractivity contribution >= 4 is 27.8 Å². The SMILES string of the molecule is C=C(/C=C(\C=C/C)S(=O)Nc1cnc2ccccc2n1)[N+](=O)[O-]. The topological polar surface area (TPSA) is 98.0 Å². The summed E-state index contributed by atoms with van der Waals surface area (Å²) in [5, 5.41) is 10.7. The number of hydrogen-bond acceptors (Lipinski definition) is 5.